The first-order valence-corrected chi connectivity index (χ1v) is 7.29. The number of amides is 1. The van der Waals surface area contributed by atoms with E-state index in [1.54, 1.807) is 30.5 Å². The van der Waals surface area contributed by atoms with Gasteiger partial charge in [0, 0.05) is 18.3 Å². The van der Waals surface area contributed by atoms with Crippen molar-refractivity contribution in [3.63, 3.8) is 0 Å². The highest BCUT2D eigenvalue weighted by atomic mass is 19.1. The number of aliphatic hydroxyl groups excluding tert-OH is 1. The van der Waals surface area contributed by atoms with Crippen molar-refractivity contribution in [1.29, 1.82) is 0 Å². The summed E-state index contributed by atoms with van der Waals surface area (Å²) in [4.78, 5) is 24.0. The minimum atomic E-state index is -1.17. The molecule has 0 aliphatic carbocycles. The third kappa shape index (κ3) is 3.18. The molecule has 24 heavy (non-hydrogen) atoms. The summed E-state index contributed by atoms with van der Waals surface area (Å²) in [6, 6.07) is 10.9. The zero-order valence-electron chi connectivity index (χ0n) is 12.6. The van der Waals surface area contributed by atoms with Crippen LogP contribution in [0.4, 0.5) is 4.39 Å². The van der Waals surface area contributed by atoms with Crippen LogP contribution in [0.25, 0.3) is 5.65 Å². The average Bonchev–Trinajstić information content (AvgIpc) is 2.89. The number of aromatic nitrogens is 3. The maximum absolute atomic E-state index is 13.6. The molecule has 1 amide bonds. The number of nitrogens with zero attached hydrogens (tertiary/aromatic N) is 3. The Hall–Kier alpha value is -3.00. The van der Waals surface area contributed by atoms with Crippen molar-refractivity contribution in [1.82, 2.24) is 19.5 Å². The fourth-order valence-electron chi connectivity index (χ4n) is 2.33. The smallest absolute Gasteiger partial charge is 0.350 e. The lowest BCUT2D eigenvalue weighted by Gasteiger charge is -2.12. The quantitative estimate of drug-likeness (QED) is 0.712. The van der Waals surface area contributed by atoms with Gasteiger partial charge in [-0.1, -0.05) is 24.3 Å². The molecular weight excluding hydrogens is 315 g/mol. The lowest BCUT2D eigenvalue weighted by molar-refractivity contribution is -0.122. The standard InChI is InChI=1S/C16H15FN4O3/c17-12-6-2-1-5-11(12)13(22)9-18-15(23)10-21-16(24)20-8-4-3-7-14(20)19-21/h1-8,13,22H,9-10H2,(H,18,23)/t13-/m0/s1. The monoisotopic (exact) mass is 330 g/mol. The van der Waals surface area contributed by atoms with Gasteiger partial charge in [0.2, 0.25) is 5.91 Å². The Balaban J connectivity index is 1.64. The Morgan fingerprint density at radius 3 is 2.75 bits per heavy atom. The number of pyridine rings is 1. The van der Waals surface area contributed by atoms with Crippen molar-refractivity contribution in [2.75, 3.05) is 6.54 Å². The van der Waals surface area contributed by atoms with E-state index in [2.05, 4.69) is 10.4 Å². The summed E-state index contributed by atoms with van der Waals surface area (Å²) in [5.74, 6) is -1.05. The van der Waals surface area contributed by atoms with Crippen LogP contribution in [0.2, 0.25) is 0 Å². The molecule has 1 aromatic carbocycles. The van der Waals surface area contributed by atoms with Crippen LogP contribution in [0.1, 0.15) is 11.7 Å². The van der Waals surface area contributed by atoms with E-state index in [0.717, 1.165) is 4.68 Å². The number of fused-ring (bicyclic) bond motifs is 1. The molecule has 0 saturated carbocycles. The van der Waals surface area contributed by atoms with Gasteiger partial charge in [-0.3, -0.25) is 9.20 Å². The second-order valence-electron chi connectivity index (χ2n) is 5.21. The SMILES string of the molecule is O=C(Cn1nc2ccccn2c1=O)NC[C@H](O)c1ccccc1F. The topological polar surface area (TPSA) is 88.6 Å². The van der Waals surface area contributed by atoms with Gasteiger partial charge in [0.1, 0.15) is 12.4 Å². The summed E-state index contributed by atoms with van der Waals surface area (Å²) in [6.07, 6.45) is 0.383. The third-order valence-corrected chi connectivity index (χ3v) is 3.54. The van der Waals surface area contributed by atoms with Crippen molar-refractivity contribution in [3.8, 4) is 0 Å². The number of carbonyl (C=O) groups is 1. The van der Waals surface area contributed by atoms with Gasteiger partial charge >= 0.3 is 5.69 Å². The van der Waals surface area contributed by atoms with Crippen LogP contribution in [0.15, 0.2) is 53.5 Å². The van der Waals surface area contributed by atoms with Gasteiger partial charge in [-0.15, -0.1) is 5.10 Å². The Morgan fingerprint density at radius 2 is 2.00 bits per heavy atom. The van der Waals surface area contributed by atoms with Crippen LogP contribution < -0.4 is 11.0 Å². The van der Waals surface area contributed by atoms with Gasteiger partial charge < -0.3 is 10.4 Å². The fourth-order valence-corrected chi connectivity index (χ4v) is 2.33. The zero-order chi connectivity index (χ0) is 17.1. The van der Waals surface area contributed by atoms with Gasteiger partial charge in [-0.25, -0.2) is 13.9 Å². The molecule has 2 N–H and O–H groups in total. The second-order valence-corrected chi connectivity index (χ2v) is 5.21. The molecular formula is C16H15FN4O3. The molecule has 0 spiro atoms. The molecule has 1 atom stereocenters. The van der Waals surface area contributed by atoms with Gasteiger partial charge in [-0.2, -0.15) is 0 Å². The average molecular weight is 330 g/mol. The molecule has 7 nitrogen and oxygen atoms in total. The highest BCUT2D eigenvalue weighted by molar-refractivity contribution is 5.75. The van der Waals surface area contributed by atoms with Crippen LogP contribution in [0.3, 0.4) is 0 Å². The maximum atomic E-state index is 13.6. The molecule has 8 heteroatoms. The first-order valence-electron chi connectivity index (χ1n) is 7.29. The number of benzene rings is 1. The van der Waals surface area contributed by atoms with E-state index in [0.29, 0.717) is 5.65 Å². The maximum Gasteiger partial charge on any atom is 0.350 e. The van der Waals surface area contributed by atoms with E-state index < -0.39 is 23.5 Å². The number of halogens is 1. The molecule has 0 fully saturated rings. The van der Waals surface area contributed by atoms with E-state index in [1.165, 1.54) is 22.6 Å². The molecule has 3 aromatic rings. The first-order chi connectivity index (χ1) is 11.6. The molecule has 2 aromatic heterocycles. The highest BCUT2D eigenvalue weighted by Gasteiger charge is 2.15. The Labute approximate surface area is 136 Å². The number of hydrogen-bond donors (Lipinski definition) is 2. The molecule has 0 unspecified atom stereocenters. The number of nitrogens with one attached hydrogen (secondary N) is 1. The number of carbonyl (C=O) groups excluding carboxylic acids is 1. The Kier molecular flexibility index (Phi) is 4.39. The van der Waals surface area contributed by atoms with Crippen molar-refractivity contribution in [2.45, 2.75) is 12.6 Å². The number of rotatable bonds is 5. The predicted molar refractivity (Wildman–Crippen MR) is 83.8 cm³/mol. The van der Waals surface area contributed by atoms with E-state index in [4.69, 9.17) is 0 Å². The van der Waals surface area contributed by atoms with Gasteiger partial charge in [-0.05, 0) is 18.2 Å². The number of aliphatic hydroxyl groups is 1. The Bertz CT molecular complexity index is 934. The third-order valence-electron chi connectivity index (χ3n) is 3.54. The van der Waals surface area contributed by atoms with Gasteiger partial charge in [0.25, 0.3) is 0 Å². The highest BCUT2D eigenvalue weighted by Crippen LogP contribution is 2.15. The summed E-state index contributed by atoms with van der Waals surface area (Å²) in [7, 11) is 0. The number of hydrogen-bond acceptors (Lipinski definition) is 4. The van der Waals surface area contributed by atoms with Crippen molar-refractivity contribution < 1.29 is 14.3 Å². The molecule has 0 bridgehead atoms. The van der Waals surface area contributed by atoms with E-state index in [-0.39, 0.29) is 18.7 Å². The van der Waals surface area contributed by atoms with E-state index >= 15 is 0 Å². The van der Waals surface area contributed by atoms with Crippen LogP contribution in [0.5, 0.6) is 0 Å². The molecule has 0 aliphatic heterocycles. The largest absolute Gasteiger partial charge is 0.386 e. The van der Waals surface area contributed by atoms with Gasteiger partial charge in [0.05, 0.1) is 6.10 Å². The van der Waals surface area contributed by atoms with E-state index in [1.807, 2.05) is 0 Å². The summed E-state index contributed by atoms with van der Waals surface area (Å²) in [5.41, 5.74) is 0.0970. The molecule has 0 aliphatic rings. The fraction of sp³-hybridized carbons (Fsp3) is 0.188. The lowest BCUT2D eigenvalue weighted by Crippen LogP contribution is -2.35. The first kappa shape index (κ1) is 15.9. The lowest BCUT2D eigenvalue weighted by atomic mass is 10.1. The van der Waals surface area contributed by atoms with Crippen LogP contribution >= 0.6 is 0 Å². The predicted octanol–water partition coefficient (Wildman–Crippen LogP) is 0.485. The summed E-state index contributed by atoms with van der Waals surface area (Å²) < 4.78 is 15.9. The molecule has 2 heterocycles. The molecule has 0 radical (unpaired) electrons. The minimum Gasteiger partial charge on any atom is -0.386 e. The summed E-state index contributed by atoms with van der Waals surface area (Å²) in [6.45, 7) is -0.452. The zero-order valence-corrected chi connectivity index (χ0v) is 12.6. The molecule has 3 rings (SSSR count). The van der Waals surface area contributed by atoms with Gasteiger partial charge in [0.15, 0.2) is 5.65 Å². The summed E-state index contributed by atoms with van der Waals surface area (Å²) >= 11 is 0. The van der Waals surface area contributed by atoms with Crippen molar-refractivity contribution in [2.24, 2.45) is 0 Å². The van der Waals surface area contributed by atoms with Crippen LogP contribution in [-0.4, -0.2) is 31.7 Å². The van der Waals surface area contributed by atoms with E-state index in [9.17, 15) is 19.1 Å². The normalized spacial score (nSPS) is 12.2. The molecule has 124 valence electrons. The Morgan fingerprint density at radius 1 is 1.25 bits per heavy atom. The van der Waals surface area contributed by atoms with Crippen LogP contribution in [0, 0.1) is 5.82 Å². The van der Waals surface area contributed by atoms with Crippen molar-refractivity contribution in [3.05, 3.63) is 70.5 Å². The summed E-state index contributed by atoms with van der Waals surface area (Å²) in [5, 5.41) is 16.4. The van der Waals surface area contributed by atoms with Crippen LogP contribution in [-0.2, 0) is 11.3 Å². The van der Waals surface area contributed by atoms with Crippen molar-refractivity contribution >= 4 is 11.6 Å². The molecule has 0 saturated heterocycles. The minimum absolute atomic E-state index is 0.0997. The second kappa shape index (κ2) is 6.63.